The zero-order chi connectivity index (χ0) is 15.8. The lowest BCUT2D eigenvalue weighted by atomic mass is 10.0. The number of pyridine rings is 1. The zero-order valence-electron chi connectivity index (χ0n) is 12.6. The summed E-state index contributed by atoms with van der Waals surface area (Å²) in [6.45, 7) is 5.43. The topological polar surface area (TPSA) is 96.5 Å². The third-order valence-corrected chi connectivity index (χ3v) is 3.65. The van der Waals surface area contributed by atoms with Crippen molar-refractivity contribution < 1.29 is 14.7 Å². The number of fused-ring (bicyclic) bond motifs is 1. The molecule has 1 heterocycles. The largest absolute Gasteiger partial charge is 0.480 e. The highest BCUT2D eigenvalue weighted by Gasteiger charge is 2.30. The van der Waals surface area contributed by atoms with Crippen LogP contribution >= 0.6 is 0 Å². The van der Waals surface area contributed by atoms with Crippen LogP contribution in [0.25, 0.3) is 0 Å². The van der Waals surface area contributed by atoms with Gasteiger partial charge in [0.25, 0.3) is 5.91 Å². The van der Waals surface area contributed by atoms with Crippen molar-refractivity contribution in [2.24, 2.45) is 5.73 Å². The number of aliphatic carboxylic acids is 1. The van der Waals surface area contributed by atoms with E-state index in [1.165, 1.54) is 0 Å². The van der Waals surface area contributed by atoms with Gasteiger partial charge in [0.05, 0.1) is 5.56 Å². The highest BCUT2D eigenvalue weighted by molar-refractivity contribution is 5.98. The van der Waals surface area contributed by atoms with Crippen LogP contribution in [-0.2, 0) is 17.6 Å². The Balaban J connectivity index is 2.58. The van der Waals surface area contributed by atoms with Crippen molar-refractivity contribution >= 4 is 17.7 Å². The molecule has 0 aliphatic heterocycles. The average molecular weight is 291 g/mol. The van der Waals surface area contributed by atoms with Gasteiger partial charge >= 0.3 is 5.97 Å². The minimum absolute atomic E-state index is 0.227. The number of hydrogen-bond acceptors (Lipinski definition) is 4. The van der Waals surface area contributed by atoms with E-state index in [4.69, 9.17) is 10.8 Å². The number of nitrogens with zero attached hydrogens (tertiary/aromatic N) is 2. The fourth-order valence-electron chi connectivity index (χ4n) is 2.61. The average Bonchev–Trinajstić information content (AvgIpc) is 2.79. The number of primary amides is 1. The summed E-state index contributed by atoms with van der Waals surface area (Å²) in [4.78, 5) is 29.1. The van der Waals surface area contributed by atoms with E-state index in [1.807, 2.05) is 20.8 Å². The predicted octanol–water partition coefficient (Wildman–Crippen LogP) is 1.36. The summed E-state index contributed by atoms with van der Waals surface area (Å²) in [5.41, 5.74) is 7.26. The second-order valence-electron chi connectivity index (χ2n) is 6.33. The van der Waals surface area contributed by atoms with Gasteiger partial charge < -0.3 is 15.7 Å². The highest BCUT2D eigenvalue weighted by atomic mass is 16.4. The number of carboxylic acids is 1. The fraction of sp³-hybridized carbons (Fsp3) is 0.533. The van der Waals surface area contributed by atoms with Crippen molar-refractivity contribution in [2.75, 3.05) is 11.4 Å². The minimum atomic E-state index is -0.970. The lowest BCUT2D eigenvalue weighted by Crippen LogP contribution is -2.46. The summed E-state index contributed by atoms with van der Waals surface area (Å²) in [6, 6.07) is 1.77. The van der Waals surface area contributed by atoms with Gasteiger partial charge in [0.15, 0.2) is 0 Å². The standard InChI is InChI=1S/C15H21N3O3/c1-15(2,3)18(8-12(19)20)14-10(13(16)21)7-9-5-4-6-11(9)17-14/h7H,4-6,8H2,1-3H3,(H2,16,21)(H,19,20). The molecule has 0 saturated heterocycles. The minimum Gasteiger partial charge on any atom is -0.480 e. The van der Waals surface area contributed by atoms with Gasteiger partial charge in [0.2, 0.25) is 0 Å². The van der Waals surface area contributed by atoms with E-state index in [-0.39, 0.29) is 6.54 Å². The van der Waals surface area contributed by atoms with Crippen molar-refractivity contribution in [3.05, 3.63) is 22.9 Å². The van der Waals surface area contributed by atoms with Gasteiger partial charge in [-0.2, -0.15) is 0 Å². The molecule has 0 unspecified atom stereocenters. The summed E-state index contributed by atoms with van der Waals surface area (Å²) < 4.78 is 0. The highest BCUT2D eigenvalue weighted by Crippen LogP contribution is 2.30. The van der Waals surface area contributed by atoms with Crippen LogP contribution in [0.15, 0.2) is 6.07 Å². The summed E-state index contributed by atoms with van der Waals surface area (Å²) in [5, 5.41) is 9.15. The Labute approximate surface area is 124 Å². The van der Waals surface area contributed by atoms with Crippen molar-refractivity contribution in [1.29, 1.82) is 0 Å². The Hall–Kier alpha value is -2.11. The van der Waals surface area contributed by atoms with E-state index in [1.54, 1.807) is 11.0 Å². The van der Waals surface area contributed by atoms with Gasteiger partial charge in [0, 0.05) is 11.2 Å². The molecule has 0 radical (unpaired) electrons. The molecular formula is C15H21N3O3. The molecule has 0 spiro atoms. The maximum atomic E-state index is 11.7. The van der Waals surface area contributed by atoms with Gasteiger partial charge in [-0.1, -0.05) is 0 Å². The first-order valence-corrected chi connectivity index (χ1v) is 7.02. The molecule has 1 aliphatic carbocycles. The van der Waals surface area contributed by atoms with Crippen LogP contribution in [0.5, 0.6) is 0 Å². The quantitative estimate of drug-likeness (QED) is 0.873. The van der Waals surface area contributed by atoms with Crippen LogP contribution in [0.1, 0.15) is 48.8 Å². The van der Waals surface area contributed by atoms with Crippen molar-refractivity contribution in [3.63, 3.8) is 0 Å². The third kappa shape index (κ3) is 3.15. The Morgan fingerprint density at radius 2 is 2.05 bits per heavy atom. The third-order valence-electron chi connectivity index (χ3n) is 3.65. The second kappa shape index (κ2) is 5.35. The number of carbonyl (C=O) groups is 2. The summed E-state index contributed by atoms with van der Waals surface area (Å²) in [5.74, 6) is -1.17. The zero-order valence-corrected chi connectivity index (χ0v) is 12.6. The lowest BCUT2D eigenvalue weighted by molar-refractivity contribution is -0.135. The molecule has 1 amide bonds. The number of hydrogen-bond donors (Lipinski definition) is 2. The van der Waals surface area contributed by atoms with Gasteiger partial charge in [0.1, 0.15) is 12.4 Å². The molecule has 2 rings (SSSR count). The van der Waals surface area contributed by atoms with E-state index >= 15 is 0 Å². The van der Waals surface area contributed by atoms with Crippen LogP contribution in [0.4, 0.5) is 5.82 Å². The van der Waals surface area contributed by atoms with Gasteiger partial charge in [-0.25, -0.2) is 4.98 Å². The molecule has 21 heavy (non-hydrogen) atoms. The molecule has 0 fully saturated rings. The van der Waals surface area contributed by atoms with Crippen molar-refractivity contribution in [2.45, 2.75) is 45.6 Å². The molecule has 3 N–H and O–H groups in total. The first kappa shape index (κ1) is 15.3. The lowest BCUT2D eigenvalue weighted by Gasteiger charge is -2.36. The summed E-state index contributed by atoms with van der Waals surface area (Å²) >= 11 is 0. The molecule has 6 heteroatoms. The van der Waals surface area contributed by atoms with E-state index < -0.39 is 17.4 Å². The molecule has 1 aliphatic rings. The molecule has 0 aromatic carbocycles. The Morgan fingerprint density at radius 3 is 2.57 bits per heavy atom. The number of rotatable bonds is 4. The normalized spacial score (nSPS) is 13.9. The number of carboxylic acid groups (broad SMARTS) is 1. The maximum Gasteiger partial charge on any atom is 0.323 e. The predicted molar refractivity (Wildman–Crippen MR) is 79.5 cm³/mol. The fourth-order valence-corrected chi connectivity index (χ4v) is 2.61. The summed E-state index contributed by atoms with van der Waals surface area (Å²) in [7, 11) is 0. The molecule has 0 saturated carbocycles. The maximum absolute atomic E-state index is 11.7. The number of aromatic nitrogens is 1. The van der Waals surface area contributed by atoms with Gasteiger partial charge in [-0.3, -0.25) is 9.59 Å². The summed E-state index contributed by atoms with van der Waals surface area (Å²) in [6.07, 6.45) is 2.74. The van der Waals surface area contributed by atoms with Gasteiger partial charge in [-0.05, 0) is 51.7 Å². The SMILES string of the molecule is CC(C)(C)N(CC(=O)O)c1nc2c(cc1C(N)=O)CCC2. The first-order valence-electron chi connectivity index (χ1n) is 7.02. The van der Waals surface area contributed by atoms with Gasteiger partial charge in [-0.15, -0.1) is 0 Å². The molecule has 0 bridgehead atoms. The monoisotopic (exact) mass is 291 g/mol. The van der Waals surface area contributed by atoms with E-state index in [9.17, 15) is 9.59 Å². The number of anilines is 1. The van der Waals surface area contributed by atoms with Crippen LogP contribution < -0.4 is 10.6 Å². The van der Waals surface area contributed by atoms with Crippen LogP contribution in [0.3, 0.4) is 0 Å². The molecule has 0 atom stereocenters. The molecule has 6 nitrogen and oxygen atoms in total. The van der Waals surface area contributed by atoms with Crippen LogP contribution in [0, 0.1) is 0 Å². The number of aryl methyl sites for hydroxylation is 2. The van der Waals surface area contributed by atoms with E-state index in [0.717, 1.165) is 30.5 Å². The molecule has 114 valence electrons. The Bertz CT molecular complexity index is 591. The van der Waals surface area contributed by atoms with E-state index in [2.05, 4.69) is 4.98 Å². The smallest absolute Gasteiger partial charge is 0.323 e. The first-order chi connectivity index (χ1) is 9.70. The van der Waals surface area contributed by atoms with E-state index in [0.29, 0.717) is 11.4 Å². The Kier molecular flexibility index (Phi) is 3.89. The van der Waals surface area contributed by atoms with Crippen LogP contribution in [0.2, 0.25) is 0 Å². The van der Waals surface area contributed by atoms with Crippen molar-refractivity contribution in [3.8, 4) is 0 Å². The second-order valence-corrected chi connectivity index (χ2v) is 6.33. The Morgan fingerprint density at radius 1 is 1.38 bits per heavy atom. The molecule has 1 aromatic rings. The molecule has 1 aromatic heterocycles. The number of nitrogens with two attached hydrogens (primary N) is 1. The molecular weight excluding hydrogens is 270 g/mol. The van der Waals surface area contributed by atoms with Crippen LogP contribution in [-0.4, -0.2) is 34.1 Å². The van der Waals surface area contributed by atoms with Crippen molar-refractivity contribution in [1.82, 2.24) is 4.98 Å². The number of amides is 1. The number of carbonyl (C=O) groups excluding carboxylic acids is 1.